The van der Waals surface area contributed by atoms with Crippen LogP contribution < -0.4 is 5.73 Å². The minimum atomic E-state index is -0.368. The van der Waals surface area contributed by atoms with Crippen LogP contribution >= 0.6 is 0 Å². The Morgan fingerprint density at radius 3 is 1.95 bits per heavy atom. The summed E-state index contributed by atoms with van der Waals surface area (Å²) in [6, 6.07) is 11.9. The van der Waals surface area contributed by atoms with Gasteiger partial charge in [0.25, 0.3) is 0 Å². The summed E-state index contributed by atoms with van der Waals surface area (Å²) in [6.45, 7) is 3.24. The molecule has 0 amide bonds. The Labute approximate surface area is 117 Å². The summed E-state index contributed by atoms with van der Waals surface area (Å²) in [6.07, 6.45) is 0. The number of rotatable bonds is 2. The van der Waals surface area contributed by atoms with E-state index in [0.29, 0.717) is 5.56 Å². The van der Waals surface area contributed by atoms with E-state index in [2.05, 4.69) is 0 Å². The molecule has 2 N–H and O–H groups in total. The molecule has 0 aliphatic heterocycles. The van der Waals surface area contributed by atoms with E-state index in [-0.39, 0.29) is 23.5 Å². The van der Waals surface area contributed by atoms with Gasteiger partial charge in [0.1, 0.15) is 11.6 Å². The molecular formula is C16H17F2NO. The summed E-state index contributed by atoms with van der Waals surface area (Å²) in [5, 5.41) is 0. The molecule has 0 saturated carbocycles. The molecular weight excluding hydrogens is 260 g/mol. The predicted octanol–water partition coefficient (Wildman–Crippen LogP) is 3.87. The molecule has 2 aromatic rings. The third-order valence-corrected chi connectivity index (χ3v) is 2.61. The highest BCUT2D eigenvalue weighted by Gasteiger charge is 1.98. The van der Waals surface area contributed by atoms with Crippen molar-refractivity contribution in [1.29, 1.82) is 0 Å². The first-order valence-electron chi connectivity index (χ1n) is 6.17. The molecule has 2 aromatic carbocycles. The molecule has 0 unspecified atom stereocenters. The standard InChI is InChI=1S/C8H10FN.C8H7FO/c2*1-6(10)7-3-2-4-8(9)5-7/h2-6H,10H2,1H3;2-5H,1H3/t6-;/m1./s1. The number of carbonyl (C=O) groups is 1. The Morgan fingerprint density at radius 1 is 1.05 bits per heavy atom. The van der Waals surface area contributed by atoms with Crippen molar-refractivity contribution in [2.75, 3.05) is 0 Å². The van der Waals surface area contributed by atoms with Gasteiger partial charge in [-0.15, -0.1) is 0 Å². The number of Topliss-reactive ketones (excluding diaryl/α,β-unsaturated/α-hetero) is 1. The van der Waals surface area contributed by atoms with Crippen molar-refractivity contribution in [2.24, 2.45) is 5.73 Å². The lowest BCUT2D eigenvalue weighted by Crippen LogP contribution is -2.04. The molecule has 106 valence electrons. The highest BCUT2D eigenvalue weighted by molar-refractivity contribution is 5.93. The SMILES string of the molecule is CC(=O)c1cccc(F)c1.C[C@@H](N)c1cccc(F)c1. The monoisotopic (exact) mass is 277 g/mol. The molecule has 0 aliphatic rings. The molecule has 0 radical (unpaired) electrons. The van der Waals surface area contributed by atoms with Crippen molar-refractivity contribution in [3.05, 3.63) is 71.3 Å². The van der Waals surface area contributed by atoms with Crippen molar-refractivity contribution in [2.45, 2.75) is 19.9 Å². The van der Waals surface area contributed by atoms with Crippen molar-refractivity contribution in [3.63, 3.8) is 0 Å². The normalized spacial score (nSPS) is 11.2. The number of benzene rings is 2. The second kappa shape index (κ2) is 7.50. The van der Waals surface area contributed by atoms with Gasteiger partial charge in [0.15, 0.2) is 5.78 Å². The summed E-state index contributed by atoms with van der Waals surface area (Å²) in [4.78, 5) is 10.6. The van der Waals surface area contributed by atoms with E-state index in [1.807, 2.05) is 13.0 Å². The van der Waals surface area contributed by atoms with E-state index in [9.17, 15) is 13.6 Å². The number of nitrogens with two attached hydrogens (primary N) is 1. The average Bonchev–Trinajstić information content (AvgIpc) is 2.39. The van der Waals surface area contributed by atoms with Gasteiger partial charge < -0.3 is 5.73 Å². The van der Waals surface area contributed by atoms with Crippen molar-refractivity contribution < 1.29 is 13.6 Å². The summed E-state index contributed by atoms with van der Waals surface area (Å²) < 4.78 is 24.8. The Morgan fingerprint density at radius 2 is 1.60 bits per heavy atom. The average molecular weight is 277 g/mol. The van der Waals surface area contributed by atoms with Crippen LogP contribution in [0.5, 0.6) is 0 Å². The first-order valence-corrected chi connectivity index (χ1v) is 6.17. The van der Waals surface area contributed by atoms with Crippen molar-refractivity contribution in [3.8, 4) is 0 Å². The van der Waals surface area contributed by atoms with Gasteiger partial charge >= 0.3 is 0 Å². The van der Waals surface area contributed by atoms with Crippen LogP contribution in [0, 0.1) is 11.6 Å². The van der Waals surface area contributed by atoms with Crippen LogP contribution in [0.4, 0.5) is 8.78 Å². The zero-order valence-electron chi connectivity index (χ0n) is 11.4. The fourth-order valence-corrected chi connectivity index (χ4v) is 1.50. The number of halogens is 2. The van der Waals surface area contributed by atoms with Gasteiger partial charge in [-0.2, -0.15) is 0 Å². The van der Waals surface area contributed by atoms with Crippen LogP contribution in [0.25, 0.3) is 0 Å². The van der Waals surface area contributed by atoms with Gasteiger partial charge in [-0.05, 0) is 43.7 Å². The summed E-state index contributed by atoms with van der Waals surface area (Å²) in [5.41, 5.74) is 6.77. The van der Waals surface area contributed by atoms with Gasteiger partial charge in [-0.3, -0.25) is 4.79 Å². The van der Waals surface area contributed by atoms with Gasteiger partial charge in [0, 0.05) is 11.6 Å². The summed E-state index contributed by atoms with van der Waals surface area (Å²) in [7, 11) is 0. The Balaban J connectivity index is 0.000000200. The quantitative estimate of drug-likeness (QED) is 0.847. The first-order chi connectivity index (χ1) is 9.40. The minimum absolute atomic E-state index is 0.0873. The van der Waals surface area contributed by atoms with E-state index in [1.165, 1.54) is 37.3 Å². The number of carbonyl (C=O) groups excluding carboxylic acids is 1. The predicted molar refractivity (Wildman–Crippen MR) is 75.4 cm³/mol. The lowest BCUT2D eigenvalue weighted by molar-refractivity contribution is 0.101. The third-order valence-electron chi connectivity index (χ3n) is 2.61. The third kappa shape index (κ3) is 5.28. The van der Waals surface area contributed by atoms with Gasteiger partial charge in [-0.1, -0.05) is 24.3 Å². The van der Waals surface area contributed by atoms with Crippen LogP contribution in [0.3, 0.4) is 0 Å². The Kier molecular flexibility index (Phi) is 6.00. The second-order valence-electron chi connectivity index (χ2n) is 4.41. The molecule has 0 spiro atoms. The molecule has 0 fully saturated rings. The van der Waals surface area contributed by atoms with Gasteiger partial charge in [0.2, 0.25) is 0 Å². The van der Waals surface area contributed by atoms with E-state index >= 15 is 0 Å². The smallest absolute Gasteiger partial charge is 0.159 e. The Hall–Kier alpha value is -2.07. The van der Waals surface area contributed by atoms with Gasteiger partial charge in [-0.25, -0.2) is 8.78 Å². The topological polar surface area (TPSA) is 43.1 Å². The van der Waals surface area contributed by atoms with E-state index < -0.39 is 0 Å². The number of hydrogen-bond acceptors (Lipinski definition) is 2. The molecule has 0 heterocycles. The maximum absolute atomic E-state index is 12.5. The molecule has 0 aromatic heterocycles. The van der Waals surface area contributed by atoms with E-state index in [1.54, 1.807) is 12.1 Å². The van der Waals surface area contributed by atoms with Crippen LogP contribution in [-0.4, -0.2) is 5.78 Å². The van der Waals surface area contributed by atoms with Crippen LogP contribution in [0.15, 0.2) is 48.5 Å². The minimum Gasteiger partial charge on any atom is -0.324 e. The molecule has 0 saturated heterocycles. The fraction of sp³-hybridized carbons (Fsp3) is 0.188. The molecule has 1 atom stereocenters. The highest BCUT2D eigenvalue weighted by Crippen LogP contribution is 2.09. The Bertz CT molecular complexity index is 582. The van der Waals surface area contributed by atoms with E-state index in [0.717, 1.165) is 5.56 Å². The number of hydrogen-bond donors (Lipinski definition) is 1. The molecule has 0 aliphatic carbocycles. The molecule has 0 bridgehead atoms. The maximum atomic E-state index is 12.5. The largest absolute Gasteiger partial charge is 0.324 e. The van der Waals surface area contributed by atoms with E-state index in [4.69, 9.17) is 5.73 Å². The second-order valence-corrected chi connectivity index (χ2v) is 4.41. The molecule has 20 heavy (non-hydrogen) atoms. The van der Waals surface area contributed by atoms with Crippen LogP contribution in [-0.2, 0) is 0 Å². The zero-order valence-corrected chi connectivity index (χ0v) is 11.4. The van der Waals surface area contributed by atoms with Gasteiger partial charge in [0.05, 0.1) is 0 Å². The van der Waals surface area contributed by atoms with Crippen molar-refractivity contribution in [1.82, 2.24) is 0 Å². The number of ketones is 1. The maximum Gasteiger partial charge on any atom is 0.159 e. The molecule has 2 rings (SSSR count). The van der Waals surface area contributed by atoms with Crippen LogP contribution in [0.2, 0.25) is 0 Å². The summed E-state index contributed by atoms with van der Waals surface area (Å²) in [5.74, 6) is -0.706. The van der Waals surface area contributed by atoms with Crippen molar-refractivity contribution >= 4 is 5.78 Å². The van der Waals surface area contributed by atoms with Crippen LogP contribution in [0.1, 0.15) is 35.8 Å². The highest BCUT2D eigenvalue weighted by atomic mass is 19.1. The summed E-state index contributed by atoms with van der Waals surface area (Å²) >= 11 is 0. The molecule has 2 nitrogen and oxygen atoms in total. The lowest BCUT2D eigenvalue weighted by atomic mass is 10.1. The fourth-order valence-electron chi connectivity index (χ4n) is 1.50. The molecule has 4 heteroatoms. The first kappa shape index (κ1) is 16.0. The lowest BCUT2D eigenvalue weighted by Gasteiger charge is -2.03. The zero-order chi connectivity index (χ0) is 15.1.